The molecule has 9 heteroatoms. The number of carbonyl (C=O) groups excluding carboxylic acids is 1. The van der Waals surface area contributed by atoms with Gasteiger partial charge in [0.25, 0.3) is 0 Å². The first-order valence-electron chi connectivity index (χ1n) is 12.9. The molecule has 2 aromatic rings. The van der Waals surface area contributed by atoms with Crippen LogP contribution in [0.5, 0.6) is 11.5 Å². The predicted octanol–water partition coefficient (Wildman–Crippen LogP) is 4.13. The van der Waals surface area contributed by atoms with Crippen molar-refractivity contribution < 1.29 is 14.3 Å². The van der Waals surface area contributed by atoms with Crippen LogP contribution in [0.25, 0.3) is 0 Å². The van der Waals surface area contributed by atoms with E-state index in [1.165, 1.54) is 24.1 Å². The summed E-state index contributed by atoms with van der Waals surface area (Å²) in [5, 5.41) is 9.62. The SMILES string of the molecule is CN(C)c1nc(N[C@H]2CC[C@@H](NC(=O)Nc3ccc4c(c3)OCCCO4)CC2)nc2c1CCCC2. The molecule has 1 fully saturated rings. The number of fused-ring (bicyclic) bond motifs is 2. The second kappa shape index (κ2) is 10.6. The fourth-order valence-electron chi connectivity index (χ4n) is 5.17. The number of carbonyl (C=O) groups is 1. The van der Waals surface area contributed by atoms with Crippen LogP contribution in [0.1, 0.15) is 56.2 Å². The van der Waals surface area contributed by atoms with E-state index in [4.69, 9.17) is 19.4 Å². The fourth-order valence-corrected chi connectivity index (χ4v) is 5.17. The van der Waals surface area contributed by atoms with E-state index >= 15 is 0 Å². The van der Waals surface area contributed by atoms with E-state index in [-0.39, 0.29) is 12.1 Å². The van der Waals surface area contributed by atoms with Gasteiger partial charge >= 0.3 is 6.03 Å². The fraction of sp³-hybridized carbons (Fsp3) is 0.577. The molecule has 2 aliphatic carbocycles. The van der Waals surface area contributed by atoms with E-state index in [1.807, 2.05) is 18.2 Å². The number of rotatable bonds is 5. The van der Waals surface area contributed by atoms with Gasteiger partial charge in [0, 0.05) is 49.9 Å². The Morgan fingerprint density at radius 2 is 1.69 bits per heavy atom. The van der Waals surface area contributed by atoms with E-state index in [2.05, 4.69) is 34.9 Å². The molecule has 3 N–H and O–H groups in total. The Balaban J connectivity index is 1.12. The molecular formula is C26H36N6O3. The van der Waals surface area contributed by atoms with E-state index in [0.717, 1.165) is 62.5 Å². The van der Waals surface area contributed by atoms with Crippen LogP contribution >= 0.6 is 0 Å². The maximum Gasteiger partial charge on any atom is 0.319 e. The van der Waals surface area contributed by atoms with Crippen molar-refractivity contribution in [3.05, 3.63) is 29.5 Å². The van der Waals surface area contributed by atoms with E-state index in [1.54, 1.807) is 0 Å². The third-order valence-electron chi connectivity index (χ3n) is 6.99. The van der Waals surface area contributed by atoms with Gasteiger partial charge in [-0.15, -0.1) is 0 Å². The molecule has 1 aromatic heterocycles. The Hall–Kier alpha value is -3.23. The van der Waals surface area contributed by atoms with E-state index in [0.29, 0.717) is 30.7 Å². The standard InChI is InChI=1S/C26H36N6O3/c1-32(2)24-20-6-3-4-7-21(20)30-25(31-24)27-17-8-10-18(11-9-17)28-26(33)29-19-12-13-22-23(16-19)35-15-5-14-34-22/h12-13,16-18H,3-11,14-15H2,1-2H3,(H,27,30,31)(H2,28,29,33)/t17-,18+. The third kappa shape index (κ3) is 5.71. The molecule has 2 amide bonds. The van der Waals surface area contributed by atoms with Gasteiger partial charge in [0.2, 0.25) is 5.95 Å². The van der Waals surface area contributed by atoms with Crippen LogP contribution in [0.2, 0.25) is 0 Å². The van der Waals surface area contributed by atoms with Gasteiger partial charge < -0.3 is 30.3 Å². The summed E-state index contributed by atoms with van der Waals surface area (Å²) in [7, 11) is 4.10. The Morgan fingerprint density at radius 3 is 2.49 bits per heavy atom. The van der Waals surface area contributed by atoms with Gasteiger partial charge in [-0.3, -0.25) is 0 Å². The second-order valence-electron chi connectivity index (χ2n) is 9.90. The zero-order valence-electron chi connectivity index (χ0n) is 20.7. The zero-order valence-corrected chi connectivity index (χ0v) is 20.7. The first-order chi connectivity index (χ1) is 17.0. The molecule has 0 bridgehead atoms. The van der Waals surface area contributed by atoms with Crippen LogP contribution in [-0.2, 0) is 12.8 Å². The summed E-state index contributed by atoms with van der Waals surface area (Å²) in [6.07, 6.45) is 9.11. The molecule has 5 rings (SSSR count). The first-order valence-corrected chi connectivity index (χ1v) is 12.9. The topological polar surface area (TPSA) is 101 Å². The van der Waals surface area contributed by atoms with Gasteiger partial charge in [-0.2, -0.15) is 4.98 Å². The Kier molecular flexibility index (Phi) is 7.11. The van der Waals surface area contributed by atoms with Gasteiger partial charge in [-0.25, -0.2) is 9.78 Å². The second-order valence-corrected chi connectivity index (χ2v) is 9.90. The van der Waals surface area contributed by atoms with Gasteiger partial charge in [-0.05, 0) is 63.5 Å². The quantitative estimate of drug-likeness (QED) is 0.592. The normalized spacial score (nSPS) is 21.3. The third-order valence-corrected chi connectivity index (χ3v) is 6.99. The highest BCUT2D eigenvalue weighted by Gasteiger charge is 2.25. The lowest BCUT2D eigenvalue weighted by atomic mass is 9.91. The lowest BCUT2D eigenvalue weighted by Gasteiger charge is -2.30. The minimum Gasteiger partial charge on any atom is -0.490 e. The Bertz CT molecular complexity index is 1050. The molecule has 9 nitrogen and oxygen atoms in total. The molecule has 0 saturated heterocycles. The van der Waals surface area contributed by atoms with Crippen LogP contribution < -0.4 is 30.3 Å². The van der Waals surface area contributed by atoms with E-state index < -0.39 is 0 Å². The van der Waals surface area contributed by atoms with Crippen LogP contribution in [-0.4, -0.2) is 55.4 Å². The number of hydrogen-bond acceptors (Lipinski definition) is 7. The van der Waals surface area contributed by atoms with Crippen molar-refractivity contribution >= 4 is 23.5 Å². The molecule has 0 atom stereocenters. The van der Waals surface area contributed by atoms with Gasteiger partial charge in [-0.1, -0.05) is 0 Å². The summed E-state index contributed by atoms with van der Waals surface area (Å²) >= 11 is 0. The summed E-state index contributed by atoms with van der Waals surface area (Å²) in [5.74, 6) is 3.17. The van der Waals surface area contributed by atoms with Crippen molar-refractivity contribution in [3.8, 4) is 11.5 Å². The molecule has 1 aromatic carbocycles. The van der Waals surface area contributed by atoms with Crippen molar-refractivity contribution in [1.29, 1.82) is 0 Å². The highest BCUT2D eigenvalue weighted by Crippen LogP contribution is 2.32. The Morgan fingerprint density at radius 1 is 0.943 bits per heavy atom. The van der Waals surface area contributed by atoms with Crippen LogP contribution in [0, 0.1) is 0 Å². The predicted molar refractivity (Wildman–Crippen MR) is 137 cm³/mol. The monoisotopic (exact) mass is 480 g/mol. The first kappa shape index (κ1) is 23.5. The average Bonchev–Trinajstić information content (AvgIpc) is 3.10. The molecule has 0 spiro atoms. The molecule has 2 heterocycles. The van der Waals surface area contributed by atoms with Gasteiger partial charge in [0.05, 0.1) is 18.9 Å². The van der Waals surface area contributed by atoms with Crippen molar-refractivity contribution in [1.82, 2.24) is 15.3 Å². The minimum absolute atomic E-state index is 0.148. The average molecular weight is 481 g/mol. The number of aromatic nitrogens is 2. The molecule has 0 unspecified atom stereocenters. The van der Waals surface area contributed by atoms with Crippen LogP contribution in [0.3, 0.4) is 0 Å². The number of hydrogen-bond donors (Lipinski definition) is 3. The number of urea groups is 1. The van der Waals surface area contributed by atoms with Crippen molar-refractivity contribution in [2.75, 3.05) is 42.8 Å². The number of nitrogens with zero attached hydrogens (tertiary/aromatic N) is 3. The maximum absolute atomic E-state index is 12.6. The number of benzene rings is 1. The summed E-state index contributed by atoms with van der Waals surface area (Å²) in [4.78, 5) is 24.4. The number of aryl methyl sites for hydroxylation is 1. The molecule has 35 heavy (non-hydrogen) atoms. The molecular weight excluding hydrogens is 444 g/mol. The molecule has 1 saturated carbocycles. The molecule has 0 radical (unpaired) electrons. The largest absolute Gasteiger partial charge is 0.490 e. The summed E-state index contributed by atoms with van der Waals surface area (Å²) in [6, 6.07) is 5.78. The maximum atomic E-state index is 12.6. The number of amides is 2. The molecule has 1 aliphatic heterocycles. The van der Waals surface area contributed by atoms with Crippen molar-refractivity contribution in [2.45, 2.75) is 69.9 Å². The van der Waals surface area contributed by atoms with Crippen molar-refractivity contribution in [2.24, 2.45) is 0 Å². The number of nitrogens with one attached hydrogen (secondary N) is 3. The lowest BCUT2D eigenvalue weighted by Crippen LogP contribution is -2.42. The van der Waals surface area contributed by atoms with Crippen LogP contribution in [0.15, 0.2) is 18.2 Å². The summed E-state index contributed by atoms with van der Waals surface area (Å²) < 4.78 is 11.4. The zero-order chi connectivity index (χ0) is 24.2. The summed E-state index contributed by atoms with van der Waals surface area (Å²) in [6.45, 7) is 1.26. The lowest BCUT2D eigenvalue weighted by molar-refractivity contribution is 0.243. The minimum atomic E-state index is -0.190. The van der Waals surface area contributed by atoms with Gasteiger partial charge in [0.1, 0.15) is 5.82 Å². The van der Waals surface area contributed by atoms with Gasteiger partial charge in [0.15, 0.2) is 11.5 Å². The molecule has 3 aliphatic rings. The highest BCUT2D eigenvalue weighted by atomic mass is 16.5. The number of anilines is 3. The Labute approximate surface area is 207 Å². The summed E-state index contributed by atoms with van der Waals surface area (Å²) in [5.41, 5.74) is 3.20. The smallest absolute Gasteiger partial charge is 0.319 e. The molecule has 188 valence electrons. The number of ether oxygens (including phenoxy) is 2. The van der Waals surface area contributed by atoms with E-state index in [9.17, 15) is 4.79 Å². The highest BCUT2D eigenvalue weighted by molar-refractivity contribution is 5.89. The van der Waals surface area contributed by atoms with Crippen molar-refractivity contribution in [3.63, 3.8) is 0 Å². The van der Waals surface area contributed by atoms with Crippen LogP contribution in [0.4, 0.5) is 22.2 Å².